The fraction of sp³-hybridized carbons (Fsp3) is 0.182. The smallest absolute Gasteiger partial charge is 0.269 e. The quantitative estimate of drug-likeness (QED) is 0.648. The normalized spacial score (nSPS) is 15.0. The lowest BCUT2D eigenvalue weighted by Crippen LogP contribution is -2.19. The lowest BCUT2D eigenvalue weighted by Gasteiger charge is -2.22. The average molecular weight is 423 g/mol. The van der Waals surface area contributed by atoms with Crippen LogP contribution in [-0.4, -0.2) is 27.9 Å². The Hall–Kier alpha value is -3.88. The van der Waals surface area contributed by atoms with Crippen molar-refractivity contribution < 1.29 is 18.3 Å². The summed E-state index contributed by atoms with van der Waals surface area (Å²) in [5, 5.41) is 5.24. The van der Waals surface area contributed by atoms with Crippen molar-refractivity contribution in [3.05, 3.63) is 77.1 Å². The highest BCUT2D eigenvalue weighted by molar-refractivity contribution is 5.92. The summed E-state index contributed by atoms with van der Waals surface area (Å²) in [4.78, 5) is 24.4. The molecular formula is C22H19F2N5O2. The van der Waals surface area contributed by atoms with Gasteiger partial charge in [-0.2, -0.15) is 0 Å². The van der Waals surface area contributed by atoms with Crippen LogP contribution in [0.15, 0.2) is 48.5 Å². The Balaban J connectivity index is 1.56. The Morgan fingerprint density at radius 1 is 1.23 bits per heavy atom. The summed E-state index contributed by atoms with van der Waals surface area (Å²) in [5.41, 5.74) is 1.75. The SMILES string of the molecule is CNC(=O)c1cc(OC2=Cc3cnc(Nc4cccc(F)c4F)nc3CC2C)ccn1. The number of amides is 1. The summed E-state index contributed by atoms with van der Waals surface area (Å²) >= 11 is 0. The highest BCUT2D eigenvalue weighted by atomic mass is 19.2. The Morgan fingerprint density at radius 3 is 2.87 bits per heavy atom. The van der Waals surface area contributed by atoms with Crippen molar-refractivity contribution in [3.63, 3.8) is 0 Å². The molecule has 158 valence electrons. The number of aromatic nitrogens is 3. The molecule has 0 aliphatic heterocycles. The molecule has 1 aliphatic carbocycles. The van der Waals surface area contributed by atoms with Gasteiger partial charge in [-0.05, 0) is 24.3 Å². The summed E-state index contributed by atoms with van der Waals surface area (Å²) in [5.74, 6) is -0.865. The Bertz CT molecular complexity index is 1180. The third-order valence-corrected chi connectivity index (χ3v) is 4.81. The molecule has 0 saturated heterocycles. The standard InChI is InChI=1S/C22H19F2N5O2/c1-12-8-17-13(9-19(12)31-14-6-7-26-18(10-14)21(30)25-2)11-27-22(29-17)28-16-5-3-4-15(23)20(16)24/h3-7,9-12H,8H2,1-2H3,(H,25,30)(H,27,28,29). The molecule has 0 radical (unpaired) electrons. The van der Waals surface area contributed by atoms with Crippen molar-refractivity contribution in [2.45, 2.75) is 13.3 Å². The molecule has 0 saturated carbocycles. The van der Waals surface area contributed by atoms with E-state index in [0.29, 0.717) is 17.9 Å². The zero-order valence-corrected chi connectivity index (χ0v) is 16.8. The maximum Gasteiger partial charge on any atom is 0.269 e. The lowest BCUT2D eigenvalue weighted by atomic mass is 9.94. The maximum absolute atomic E-state index is 13.9. The minimum absolute atomic E-state index is 0.00206. The number of ether oxygens (including phenoxy) is 1. The molecule has 31 heavy (non-hydrogen) atoms. The second-order valence-corrected chi connectivity index (χ2v) is 7.03. The van der Waals surface area contributed by atoms with Crippen molar-refractivity contribution in [2.75, 3.05) is 12.4 Å². The molecule has 2 N–H and O–H groups in total. The van der Waals surface area contributed by atoms with Crippen LogP contribution in [0, 0.1) is 17.6 Å². The van der Waals surface area contributed by atoms with Crippen molar-refractivity contribution in [1.82, 2.24) is 20.3 Å². The van der Waals surface area contributed by atoms with Gasteiger partial charge in [0.25, 0.3) is 5.91 Å². The van der Waals surface area contributed by atoms with E-state index in [1.54, 1.807) is 18.3 Å². The minimum Gasteiger partial charge on any atom is -0.461 e. The van der Waals surface area contributed by atoms with E-state index in [2.05, 4.69) is 25.6 Å². The van der Waals surface area contributed by atoms with Gasteiger partial charge in [-0.1, -0.05) is 13.0 Å². The van der Waals surface area contributed by atoms with E-state index >= 15 is 0 Å². The van der Waals surface area contributed by atoms with Crippen LogP contribution in [-0.2, 0) is 6.42 Å². The number of benzene rings is 1. The van der Waals surface area contributed by atoms with Crippen LogP contribution in [0.2, 0.25) is 0 Å². The molecule has 2 aromatic heterocycles. The molecule has 1 amide bonds. The van der Waals surface area contributed by atoms with Crippen molar-refractivity contribution >= 4 is 23.6 Å². The number of carbonyl (C=O) groups excluding carboxylic acids is 1. The van der Waals surface area contributed by atoms with Crippen molar-refractivity contribution in [3.8, 4) is 5.75 Å². The zero-order chi connectivity index (χ0) is 22.0. The topological polar surface area (TPSA) is 89.0 Å². The average Bonchev–Trinajstić information content (AvgIpc) is 2.77. The molecule has 0 bridgehead atoms. The molecule has 0 spiro atoms. The first-order chi connectivity index (χ1) is 14.9. The largest absolute Gasteiger partial charge is 0.461 e. The number of fused-ring (bicyclic) bond motifs is 1. The second kappa shape index (κ2) is 8.47. The van der Waals surface area contributed by atoms with Crippen LogP contribution >= 0.6 is 0 Å². The van der Waals surface area contributed by atoms with E-state index in [9.17, 15) is 13.6 Å². The van der Waals surface area contributed by atoms with Gasteiger partial charge in [0.2, 0.25) is 5.95 Å². The van der Waals surface area contributed by atoms with E-state index in [1.165, 1.54) is 25.4 Å². The van der Waals surface area contributed by atoms with Crippen LogP contribution < -0.4 is 15.4 Å². The molecule has 3 aromatic rings. The highest BCUT2D eigenvalue weighted by Gasteiger charge is 2.22. The van der Waals surface area contributed by atoms with Gasteiger partial charge in [0.1, 0.15) is 17.2 Å². The number of hydrogen-bond acceptors (Lipinski definition) is 6. The zero-order valence-electron chi connectivity index (χ0n) is 16.8. The van der Waals surface area contributed by atoms with Gasteiger partial charge < -0.3 is 15.4 Å². The molecule has 7 nitrogen and oxygen atoms in total. The molecular weight excluding hydrogens is 404 g/mol. The van der Waals surface area contributed by atoms with Gasteiger partial charge in [0.05, 0.1) is 11.4 Å². The van der Waals surface area contributed by atoms with Gasteiger partial charge in [-0.25, -0.2) is 18.7 Å². The van der Waals surface area contributed by atoms with Crippen molar-refractivity contribution in [2.24, 2.45) is 5.92 Å². The van der Waals surface area contributed by atoms with Gasteiger partial charge in [-0.3, -0.25) is 9.78 Å². The molecule has 1 aromatic carbocycles. The van der Waals surface area contributed by atoms with Crippen LogP contribution in [0.25, 0.3) is 6.08 Å². The predicted octanol–water partition coefficient (Wildman–Crippen LogP) is 3.87. The summed E-state index contributed by atoms with van der Waals surface area (Å²) in [6.07, 6.45) is 5.50. The monoisotopic (exact) mass is 423 g/mol. The summed E-state index contributed by atoms with van der Waals surface area (Å²) in [6.45, 7) is 1.98. The van der Waals surface area contributed by atoms with Gasteiger partial charge in [-0.15, -0.1) is 0 Å². The van der Waals surface area contributed by atoms with Crippen LogP contribution in [0.4, 0.5) is 20.4 Å². The number of nitrogens with one attached hydrogen (secondary N) is 2. The minimum atomic E-state index is -0.985. The number of rotatable bonds is 5. The molecule has 9 heteroatoms. The Labute approximate surface area is 177 Å². The summed E-state index contributed by atoms with van der Waals surface area (Å²) < 4.78 is 33.3. The second-order valence-electron chi connectivity index (χ2n) is 7.03. The number of anilines is 2. The van der Waals surface area contributed by atoms with E-state index in [-0.39, 0.29) is 29.2 Å². The third kappa shape index (κ3) is 4.35. The first-order valence-corrected chi connectivity index (χ1v) is 9.59. The number of halogens is 2. The van der Waals surface area contributed by atoms with Crippen molar-refractivity contribution in [1.29, 1.82) is 0 Å². The summed E-state index contributed by atoms with van der Waals surface area (Å²) in [7, 11) is 1.53. The Kier molecular flexibility index (Phi) is 5.57. The van der Waals surface area contributed by atoms with Gasteiger partial charge >= 0.3 is 0 Å². The van der Waals surface area contributed by atoms with E-state index in [4.69, 9.17) is 4.74 Å². The third-order valence-electron chi connectivity index (χ3n) is 4.81. The Morgan fingerprint density at radius 2 is 2.06 bits per heavy atom. The first kappa shape index (κ1) is 20.4. The van der Waals surface area contributed by atoms with E-state index in [0.717, 1.165) is 17.3 Å². The highest BCUT2D eigenvalue weighted by Crippen LogP contribution is 2.30. The van der Waals surface area contributed by atoms with Crippen LogP contribution in [0.5, 0.6) is 5.75 Å². The van der Waals surface area contributed by atoms with E-state index in [1.807, 2.05) is 13.0 Å². The molecule has 1 atom stereocenters. The molecule has 4 rings (SSSR count). The van der Waals surface area contributed by atoms with E-state index < -0.39 is 11.6 Å². The number of pyridine rings is 1. The predicted molar refractivity (Wildman–Crippen MR) is 111 cm³/mol. The lowest BCUT2D eigenvalue weighted by molar-refractivity contribution is 0.0957. The molecule has 1 aliphatic rings. The first-order valence-electron chi connectivity index (χ1n) is 9.59. The van der Waals surface area contributed by atoms with Crippen LogP contribution in [0.3, 0.4) is 0 Å². The molecule has 2 heterocycles. The fourth-order valence-electron chi connectivity index (χ4n) is 3.17. The molecule has 0 fully saturated rings. The van der Waals surface area contributed by atoms with Crippen LogP contribution in [0.1, 0.15) is 28.7 Å². The number of allylic oxidation sites excluding steroid dienone is 1. The fourth-order valence-corrected chi connectivity index (χ4v) is 3.17. The number of nitrogens with zero attached hydrogens (tertiary/aromatic N) is 3. The van der Waals surface area contributed by atoms with Gasteiger partial charge in [0, 0.05) is 43.4 Å². The summed E-state index contributed by atoms with van der Waals surface area (Å²) in [6, 6.07) is 7.11. The number of hydrogen-bond donors (Lipinski definition) is 2. The maximum atomic E-state index is 13.9. The molecule has 1 unspecified atom stereocenters. The number of carbonyl (C=O) groups is 1. The van der Waals surface area contributed by atoms with Gasteiger partial charge in [0.15, 0.2) is 11.6 Å².